The molecule has 3 aliphatic rings. The highest BCUT2D eigenvalue weighted by Gasteiger charge is 2.50. The summed E-state index contributed by atoms with van der Waals surface area (Å²) in [7, 11) is 1.39. The molecule has 25 heavy (non-hydrogen) atoms. The molecule has 1 aliphatic carbocycles. The number of hydrogen-bond acceptors (Lipinski definition) is 5. The van der Waals surface area contributed by atoms with Gasteiger partial charge in [0.15, 0.2) is 0 Å². The van der Waals surface area contributed by atoms with Crippen LogP contribution in [-0.4, -0.2) is 60.2 Å². The van der Waals surface area contributed by atoms with Gasteiger partial charge in [0.05, 0.1) is 18.7 Å². The zero-order chi connectivity index (χ0) is 17.4. The lowest BCUT2D eigenvalue weighted by Crippen LogP contribution is -2.43. The van der Waals surface area contributed by atoms with Gasteiger partial charge in [0, 0.05) is 25.7 Å². The second-order valence-electron chi connectivity index (χ2n) is 7.22. The molecule has 1 aromatic rings. The molecule has 2 saturated heterocycles. The summed E-state index contributed by atoms with van der Waals surface area (Å²) in [5, 5.41) is 0. The van der Waals surface area contributed by atoms with Crippen molar-refractivity contribution in [2.24, 2.45) is 0 Å². The number of benzene rings is 1. The Morgan fingerprint density at radius 2 is 1.92 bits per heavy atom. The fourth-order valence-corrected chi connectivity index (χ4v) is 4.40. The average molecular weight is 344 g/mol. The first-order valence-corrected chi connectivity index (χ1v) is 9.04. The van der Waals surface area contributed by atoms with Gasteiger partial charge in [-0.15, -0.1) is 0 Å². The number of rotatable bonds is 4. The average Bonchev–Trinajstić information content (AvgIpc) is 3.31. The summed E-state index contributed by atoms with van der Waals surface area (Å²) in [6.45, 7) is 2.43. The number of likely N-dealkylation sites (tertiary alicyclic amines) is 1. The van der Waals surface area contributed by atoms with Crippen LogP contribution in [0.5, 0.6) is 0 Å². The van der Waals surface area contributed by atoms with Gasteiger partial charge >= 0.3 is 12.1 Å². The molecule has 6 nitrogen and oxygen atoms in total. The Morgan fingerprint density at radius 1 is 1.20 bits per heavy atom. The van der Waals surface area contributed by atoms with Crippen LogP contribution in [0.3, 0.4) is 0 Å². The second kappa shape index (κ2) is 6.67. The van der Waals surface area contributed by atoms with Gasteiger partial charge in [0.1, 0.15) is 6.10 Å². The SMILES string of the molecule is COC(=O)c1ccc(CN2C[C@H]3OC(=O)N(C4CCCC4)[C@H]3C2)cc1. The lowest BCUT2D eigenvalue weighted by Gasteiger charge is -2.27. The van der Waals surface area contributed by atoms with Crippen LogP contribution in [0.15, 0.2) is 24.3 Å². The monoisotopic (exact) mass is 344 g/mol. The second-order valence-corrected chi connectivity index (χ2v) is 7.22. The summed E-state index contributed by atoms with van der Waals surface area (Å²) in [6, 6.07) is 8.06. The first kappa shape index (κ1) is 16.4. The van der Waals surface area contributed by atoms with Crippen LogP contribution in [0.4, 0.5) is 4.79 Å². The third kappa shape index (κ3) is 3.11. The van der Waals surface area contributed by atoms with Crippen molar-refractivity contribution in [3.8, 4) is 0 Å². The maximum atomic E-state index is 12.2. The van der Waals surface area contributed by atoms with E-state index in [4.69, 9.17) is 9.47 Å². The van der Waals surface area contributed by atoms with Gasteiger partial charge in [-0.1, -0.05) is 25.0 Å². The van der Waals surface area contributed by atoms with E-state index in [-0.39, 0.29) is 24.2 Å². The minimum absolute atomic E-state index is 0.0116. The van der Waals surface area contributed by atoms with Gasteiger partial charge < -0.3 is 9.47 Å². The lowest BCUT2D eigenvalue weighted by molar-refractivity contribution is 0.0600. The summed E-state index contributed by atoms with van der Waals surface area (Å²) in [6.07, 6.45) is 4.50. The van der Waals surface area contributed by atoms with Gasteiger partial charge in [-0.25, -0.2) is 9.59 Å². The van der Waals surface area contributed by atoms with Gasteiger partial charge in [-0.2, -0.15) is 0 Å². The van der Waals surface area contributed by atoms with Crippen LogP contribution >= 0.6 is 0 Å². The van der Waals surface area contributed by atoms with E-state index in [1.807, 2.05) is 17.0 Å². The Balaban J connectivity index is 1.39. The fraction of sp³-hybridized carbons (Fsp3) is 0.579. The van der Waals surface area contributed by atoms with E-state index in [9.17, 15) is 9.59 Å². The largest absolute Gasteiger partial charge is 0.465 e. The van der Waals surface area contributed by atoms with Gasteiger partial charge in [-0.3, -0.25) is 9.80 Å². The topological polar surface area (TPSA) is 59.1 Å². The molecule has 0 radical (unpaired) electrons. The number of carbonyl (C=O) groups excluding carboxylic acids is 2. The van der Waals surface area contributed by atoms with Crippen LogP contribution in [0.2, 0.25) is 0 Å². The molecule has 1 saturated carbocycles. The maximum absolute atomic E-state index is 12.2. The first-order valence-electron chi connectivity index (χ1n) is 9.04. The molecule has 2 heterocycles. The van der Waals surface area contributed by atoms with Crippen molar-refractivity contribution in [2.75, 3.05) is 20.2 Å². The minimum Gasteiger partial charge on any atom is -0.465 e. The predicted octanol–water partition coefficient (Wildman–Crippen LogP) is 2.42. The van der Waals surface area contributed by atoms with Crippen molar-refractivity contribution in [3.05, 3.63) is 35.4 Å². The molecule has 2 aliphatic heterocycles. The number of methoxy groups -OCH3 is 1. The van der Waals surface area contributed by atoms with Crippen molar-refractivity contribution < 1.29 is 19.1 Å². The molecule has 134 valence electrons. The molecular weight excluding hydrogens is 320 g/mol. The van der Waals surface area contributed by atoms with Gasteiger partial charge in [0.25, 0.3) is 0 Å². The van der Waals surface area contributed by atoms with E-state index in [0.29, 0.717) is 11.6 Å². The molecule has 0 spiro atoms. The summed E-state index contributed by atoms with van der Waals surface area (Å²) in [5.41, 5.74) is 1.71. The highest BCUT2D eigenvalue weighted by atomic mass is 16.6. The Morgan fingerprint density at radius 3 is 2.60 bits per heavy atom. The van der Waals surface area contributed by atoms with E-state index in [2.05, 4.69) is 4.90 Å². The molecule has 2 atom stereocenters. The van der Waals surface area contributed by atoms with E-state index in [1.165, 1.54) is 20.0 Å². The molecular formula is C19H24N2O4. The Bertz CT molecular complexity index is 654. The normalized spacial score (nSPS) is 26.8. The molecule has 6 heteroatoms. The van der Waals surface area contributed by atoms with Crippen molar-refractivity contribution in [3.63, 3.8) is 0 Å². The molecule has 0 unspecified atom stereocenters. The summed E-state index contributed by atoms with van der Waals surface area (Å²) >= 11 is 0. The summed E-state index contributed by atoms with van der Waals surface area (Å²) in [4.78, 5) is 28.1. The van der Waals surface area contributed by atoms with Crippen molar-refractivity contribution >= 4 is 12.1 Å². The van der Waals surface area contributed by atoms with E-state index in [0.717, 1.165) is 38.0 Å². The van der Waals surface area contributed by atoms with E-state index < -0.39 is 0 Å². The summed E-state index contributed by atoms with van der Waals surface area (Å²) in [5.74, 6) is -0.318. The molecule has 0 aromatic heterocycles. The van der Waals surface area contributed by atoms with Crippen molar-refractivity contribution in [1.29, 1.82) is 0 Å². The van der Waals surface area contributed by atoms with Crippen molar-refractivity contribution in [2.45, 2.75) is 50.4 Å². The van der Waals surface area contributed by atoms with Gasteiger partial charge in [0.2, 0.25) is 0 Å². The van der Waals surface area contributed by atoms with E-state index >= 15 is 0 Å². The van der Waals surface area contributed by atoms with Crippen LogP contribution in [0, 0.1) is 0 Å². The number of amides is 1. The molecule has 1 aromatic carbocycles. The lowest BCUT2D eigenvalue weighted by atomic mass is 10.1. The Kier molecular flexibility index (Phi) is 4.37. The minimum atomic E-state index is -0.318. The number of carbonyl (C=O) groups is 2. The Hall–Kier alpha value is -2.08. The number of ether oxygens (including phenoxy) is 2. The van der Waals surface area contributed by atoms with Crippen LogP contribution in [-0.2, 0) is 16.0 Å². The first-order chi connectivity index (χ1) is 12.2. The number of esters is 1. The fourth-order valence-electron chi connectivity index (χ4n) is 4.40. The molecule has 0 bridgehead atoms. The Labute approximate surface area is 147 Å². The third-order valence-corrected chi connectivity index (χ3v) is 5.63. The van der Waals surface area contributed by atoms with E-state index in [1.54, 1.807) is 12.1 Å². The zero-order valence-corrected chi connectivity index (χ0v) is 14.5. The molecule has 1 amide bonds. The zero-order valence-electron chi connectivity index (χ0n) is 14.5. The quantitative estimate of drug-likeness (QED) is 0.785. The predicted molar refractivity (Wildman–Crippen MR) is 91.2 cm³/mol. The number of fused-ring (bicyclic) bond motifs is 1. The standard InChI is InChI=1S/C19H24N2O4/c1-24-18(22)14-8-6-13(7-9-14)10-20-11-16-17(12-20)25-19(23)21(16)15-4-2-3-5-15/h6-9,15-17H,2-5,10-12H2,1H3/t16-,17+/m0/s1. The molecule has 4 rings (SSSR count). The van der Waals surface area contributed by atoms with Crippen LogP contribution in [0.25, 0.3) is 0 Å². The molecule has 0 N–H and O–H groups in total. The molecule has 3 fully saturated rings. The smallest absolute Gasteiger partial charge is 0.410 e. The van der Waals surface area contributed by atoms with Crippen molar-refractivity contribution in [1.82, 2.24) is 9.80 Å². The number of hydrogen-bond donors (Lipinski definition) is 0. The van der Waals surface area contributed by atoms with Crippen LogP contribution < -0.4 is 0 Å². The highest BCUT2D eigenvalue weighted by Crippen LogP contribution is 2.34. The highest BCUT2D eigenvalue weighted by molar-refractivity contribution is 5.89. The van der Waals surface area contributed by atoms with Gasteiger partial charge in [-0.05, 0) is 30.5 Å². The maximum Gasteiger partial charge on any atom is 0.410 e. The summed E-state index contributed by atoms with van der Waals surface area (Å²) < 4.78 is 10.4. The third-order valence-electron chi connectivity index (χ3n) is 5.63. The van der Waals surface area contributed by atoms with Crippen LogP contribution in [0.1, 0.15) is 41.6 Å². The number of nitrogens with zero attached hydrogens (tertiary/aromatic N) is 2.